The van der Waals surface area contributed by atoms with E-state index in [9.17, 15) is 0 Å². The van der Waals surface area contributed by atoms with Crippen LogP contribution >= 0.6 is 0 Å². The summed E-state index contributed by atoms with van der Waals surface area (Å²) in [7, 11) is 0. The monoisotopic (exact) mass is 1190 g/mol. The molecule has 0 aliphatic heterocycles. The molecule has 0 fully saturated rings. The van der Waals surface area contributed by atoms with E-state index in [1.54, 1.807) is 12.5 Å². The fourth-order valence-electron chi connectivity index (χ4n) is 7.67. The standard InChI is InChI=1S/C14H22.2C12H19N.C10H16.2C8H13N.3Y/c1-8(2)14-12(6)10(4)9(3)11(5)13(14)7;1-7(2)12-9(4)8(3)10(5)13-11(12)6;1-7(2)12-10(5)8(3)9(4)11(6)13-12;1-6-9(4)10(5)7-8(2)3;1-5-9-8(4)6-7(2)3;1-5-8(4)9-6-7(2)3;;;/h8H,1-7H3;2*7H,1-6H3;8H,1-5H3;2*7H,1-4H3;;;/q;;;3*-2;;;. The Balaban J connectivity index is -0.000000179. The quantitative estimate of drug-likeness (QED) is 0.122. The van der Waals surface area contributed by atoms with Gasteiger partial charge in [-0.3, -0.25) is 9.97 Å². The van der Waals surface area contributed by atoms with Crippen molar-refractivity contribution in [3.8, 4) is 0 Å². The molecule has 0 bridgehead atoms. The predicted octanol–water partition coefficient (Wildman–Crippen LogP) is 19.0. The van der Waals surface area contributed by atoms with E-state index in [1.807, 2.05) is 41.5 Å². The fourth-order valence-corrected chi connectivity index (χ4v) is 7.67. The van der Waals surface area contributed by atoms with Crippen LogP contribution in [-0.4, -0.2) is 22.4 Å². The summed E-state index contributed by atoms with van der Waals surface area (Å²) in [6.45, 7) is 67.8. The average Bonchev–Trinajstić information content (AvgIpc) is 3.23. The van der Waals surface area contributed by atoms with Crippen LogP contribution < -0.4 is 0 Å². The van der Waals surface area contributed by atoms with Crippen LogP contribution in [0, 0.1) is 132 Å². The Morgan fingerprint density at radius 2 is 0.746 bits per heavy atom. The molecule has 0 atom stereocenters. The van der Waals surface area contributed by atoms with E-state index in [0.717, 1.165) is 11.4 Å². The van der Waals surface area contributed by atoms with Gasteiger partial charge in [0.2, 0.25) is 0 Å². The molecule has 2 aromatic heterocycles. The van der Waals surface area contributed by atoms with Crippen molar-refractivity contribution in [3.05, 3.63) is 136 Å². The topological polar surface area (TPSA) is 50.5 Å². The molecule has 2 heterocycles. The van der Waals surface area contributed by atoms with Crippen molar-refractivity contribution in [3.63, 3.8) is 0 Å². The minimum atomic E-state index is 0. The summed E-state index contributed by atoms with van der Waals surface area (Å²) in [6.07, 6.45) is 18.1. The van der Waals surface area contributed by atoms with Crippen LogP contribution in [0.25, 0.3) is 0 Å². The van der Waals surface area contributed by atoms with Crippen LogP contribution in [0.2, 0.25) is 0 Å². The first-order valence-electron chi connectivity index (χ1n) is 25.2. The van der Waals surface area contributed by atoms with Crippen LogP contribution in [0.1, 0.15) is 239 Å². The molecule has 0 aliphatic carbocycles. The van der Waals surface area contributed by atoms with E-state index in [0.29, 0.717) is 35.5 Å². The van der Waals surface area contributed by atoms with Gasteiger partial charge < -0.3 is 56.8 Å². The maximum absolute atomic E-state index is 4.63. The van der Waals surface area contributed by atoms with Crippen LogP contribution in [0.4, 0.5) is 0 Å². The van der Waals surface area contributed by atoms with Crippen LogP contribution in [0.3, 0.4) is 0 Å². The van der Waals surface area contributed by atoms with E-state index in [-0.39, 0.29) is 98.1 Å². The number of hydrogen-bond donors (Lipinski definition) is 0. The Kier molecular flexibility index (Phi) is 48.5. The van der Waals surface area contributed by atoms with E-state index >= 15 is 0 Å². The summed E-state index contributed by atoms with van der Waals surface area (Å²) >= 11 is 0. The molecule has 1 aromatic carbocycles. The largest absolute Gasteiger partial charge is 0.584 e. The van der Waals surface area contributed by atoms with Crippen molar-refractivity contribution >= 4 is 12.4 Å². The van der Waals surface area contributed by atoms with Crippen molar-refractivity contribution < 1.29 is 98.1 Å². The van der Waals surface area contributed by atoms with Crippen LogP contribution in [-0.2, 0) is 98.1 Å². The molecular weight excluding hydrogens is 1090 g/mol. The summed E-state index contributed by atoms with van der Waals surface area (Å²) in [5.74, 6) is 3.12. The zero-order valence-electron chi connectivity index (χ0n) is 52.0. The van der Waals surface area contributed by atoms with E-state index < -0.39 is 0 Å². The number of aromatic nitrogens is 2. The first kappa shape index (κ1) is 81.5. The Bertz CT molecular complexity index is 2160. The minimum Gasteiger partial charge on any atom is -0.584 e. The maximum Gasteiger partial charge on any atom is 0.0464 e. The molecule has 7 heteroatoms. The molecule has 3 rings (SSSR count). The zero-order valence-corrected chi connectivity index (χ0v) is 60.5. The molecule has 0 amide bonds. The second-order valence-electron chi connectivity index (χ2n) is 20.2. The van der Waals surface area contributed by atoms with Gasteiger partial charge in [0, 0.05) is 121 Å². The first-order chi connectivity index (χ1) is 31.2. The molecule has 3 radical (unpaired) electrons. The molecule has 0 saturated carbocycles. The molecule has 393 valence electrons. The third-order valence-electron chi connectivity index (χ3n) is 12.4. The Morgan fingerprint density at radius 1 is 0.366 bits per heavy atom. The van der Waals surface area contributed by atoms with Gasteiger partial charge in [-0.05, 0) is 175 Å². The van der Waals surface area contributed by atoms with Crippen molar-refractivity contribution in [2.24, 2.45) is 27.7 Å². The van der Waals surface area contributed by atoms with Crippen LogP contribution in [0.5, 0.6) is 0 Å². The van der Waals surface area contributed by atoms with Crippen LogP contribution in [0.15, 0.2) is 32.5 Å². The molecule has 3 aromatic rings. The SMILES string of the molecule is C[C-]=C(C)C(C)=[C-]C(C)C.C[C-]=C(C)N=[C-]C(C)C.C[C-]=NC(C)=[C-]C(C)C.Cc1c(C)c(C)c(C(C)C)c(C)c1C.Cc1nc(C(C)C)c(C)c(C)c1C.Cc1nc(C)c(C(C)C)c(C)c1C.[Y].[Y].[Y]. The summed E-state index contributed by atoms with van der Waals surface area (Å²) in [5, 5.41) is 0. The molecule has 0 unspecified atom stereocenters. The van der Waals surface area contributed by atoms with E-state index in [4.69, 9.17) is 0 Å². The Morgan fingerprint density at radius 3 is 1.10 bits per heavy atom. The van der Waals surface area contributed by atoms with Gasteiger partial charge in [0.15, 0.2) is 0 Å². The third kappa shape index (κ3) is 31.7. The molecule has 4 nitrogen and oxygen atoms in total. The second-order valence-corrected chi connectivity index (χ2v) is 20.2. The molecule has 0 N–H and O–H groups in total. The number of benzene rings is 1. The second kappa shape index (κ2) is 42.3. The fraction of sp³-hybridized carbons (Fsp3) is 0.594. The molecule has 0 aliphatic rings. The summed E-state index contributed by atoms with van der Waals surface area (Å²) in [4.78, 5) is 17.1. The van der Waals surface area contributed by atoms with Gasteiger partial charge in [0.1, 0.15) is 0 Å². The van der Waals surface area contributed by atoms with Gasteiger partial charge in [-0.15, -0.1) is 47.5 Å². The summed E-state index contributed by atoms with van der Waals surface area (Å²) in [6, 6.07) is 0. The number of allylic oxidation sites excluding steroid dienone is 8. The minimum absolute atomic E-state index is 0. The molecule has 0 spiro atoms. The first-order valence-corrected chi connectivity index (χ1v) is 25.2. The van der Waals surface area contributed by atoms with Gasteiger partial charge in [0.25, 0.3) is 0 Å². The Hall–Kier alpha value is -0.868. The average molecular weight is 1190 g/mol. The molecule has 0 saturated heterocycles. The van der Waals surface area contributed by atoms with E-state index in [1.165, 1.54) is 95.1 Å². The predicted molar refractivity (Wildman–Crippen MR) is 305 cm³/mol. The van der Waals surface area contributed by atoms with Crippen molar-refractivity contribution in [1.82, 2.24) is 9.97 Å². The number of rotatable bonds is 9. The normalized spacial score (nSPS) is 11.7. The van der Waals surface area contributed by atoms with Crippen molar-refractivity contribution in [2.75, 3.05) is 0 Å². The van der Waals surface area contributed by atoms with Gasteiger partial charge >= 0.3 is 0 Å². The summed E-state index contributed by atoms with van der Waals surface area (Å²) < 4.78 is 0. The molecular formula is C64H102N4Y3-6. The van der Waals surface area contributed by atoms with Gasteiger partial charge in [-0.1, -0.05) is 89.0 Å². The van der Waals surface area contributed by atoms with Gasteiger partial charge in [-0.2, -0.15) is 18.3 Å². The number of nitrogens with zero attached hydrogens (tertiary/aromatic N) is 4. The smallest absolute Gasteiger partial charge is 0.0464 e. The van der Waals surface area contributed by atoms with Crippen molar-refractivity contribution in [1.29, 1.82) is 0 Å². The van der Waals surface area contributed by atoms with E-state index in [2.05, 4.69) is 230 Å². The zero-order chi connectivity index (χ0) is 54.1. The summed E-state index contributed by atoms with van der Waals surface area (Å²) in [5.41, 5.74) is 26.2. The maximum atomic E-state index is 4.63. The number of pyridine rings is 2. The number of hydrogen-bond acceptors (Lipinski definition) is 4. The molecule has 71 heavy (non-hydrogen) atoms. The number of aryl methyl sites for hydroxylation is 3. The number of aliphatic imine (C=N–C) groups is 2. The Labute approximate surface area is 518 Å². The van der Waals surface area contributed by atoms with Crippen molar-refractivity contribution in [2.45, 2.75) is 239 Å². The third-order valence-corrected chi connectivity index (χ3v) is 12.4. The van der Waals surface area contributed by atoms with Gasteiger partial charge in [-0.25, -0.2) is 6.92 Å². The van der Waals surface area contributed by atoms with Gasteiger partial charge in [0.05, 0.1) is 0 Å².